The molecule has 0 unspecified atom stereocenters. The molecule has 0 aliphatic heterocycles. The number of nitrogens with zero attached hydrogens (tertiary/aromatic N) is 1. The Labute approximate surface area is 168 Å². The number of hydrogen-bond donors (Lipinski definition) is 2. The van der Waals surface area contributed by atoms with Crippen molar-refractivity contribution in [2.45, 2.75) is 36.0 Å². The SMILES string of the molecule is CN=C(NCCc1ccc(S(C)(=O)=O)cc1)NCC1(c2ccccc2)CCC1. The Morgan fingerprint density at radius 2 is 1.71 bits per heavy atom. The van der Waals surface area contributed by atoms with Gasteiger partial charge in [0.25, 0.3) is 0 Å². The van der Waals surface area contributed by atoms with E-state index in [1.54, 1.807) is 19.2 Å². The van der Waals surface area contributed by atoms with Gasteiger partial charge in [0.15, 0.2) is 15.8 Å². The van der Waals surface area contributed by atoms with Crippen LogP contribution >= 0.6 is 0 Å². The predicted molar refractivity (Wildman–Crippen MR) is 115 cm³/mol. The van der Waals surface area contributed by atoms with Crippen molar-refractivity contribution in [3.05, 3.63) is 65.7 Å². The largest absolute Gasteiger partial charge is 0.356 e. The molecule has 1 fully saturated rings. The zero-order valence-electron chi connectivity index (χ0n) is 16.6. The molecule has 28 heavy (non-hydrogen) atoms. The van der Waals surface area contributed by atoms with Crippen LogP contribution in [0, 0.1) is 0 Å². The number of guanidine groups is 1. The summed E-state index contributed by atoms with van der Waals surface area (Å²) in [5, 5.41) is 6.84. The third-order valence-corrected chi connectivity index (χ3v) is 6.70. The van der Waals surface area contributed by atoms with E-state index >= 15 is 0 Å². The first kappa shape index (κ1) is 20.4. The van der Waals surface area contributed by atoms with E-state index in [2.05, 4.69) is 46.0 Å². The molecule has 0 saturated heterocycles. The summed E-state index contributed by atoms with van der Waals surface area (Å²) in [5.74, 6) is 0.801. The monoisotopic (exact) mass is 399 g/mol. The van der Waals surface area contributed by atoms with Gasteiger partial charge in [-0.25, -0.2) is 8.42 Å². The molecule has 1 aliphatic carbocycles. The molecule has 0 heterocycles. The number of benzene rings is 2. The summed E-state index contributed by atoms with van der Waals surface area (Å²) in [5.41, 5.74) is 2.70. The second kappa shape index (κ2) is 8.78. The standard InChI is InChI=1S/C22H29N3O2S/c1-23-21(24-16-13-18-9-11-20(12-10-18)28(2,26)27)25-17-22(14-6-15-22)19-7-4-3-5-8-19/h3-5,7-12H,6,13-17H2,1-2H3,(H2,23,24,25). The molecule has 0 amide bonds. The Morgan fingerprint density at radius 3 is 2.25 bits per heavy atom. The van der Waals surface area contributed by atoms with Gasteiger partial charge in [0, 0.05) is 31.8 Å². The minimum atomic E-state index is -3.14. The van der Waals surface area contributed by atoms with Gasteiger partial charge in [-0.2, -0.15) is 0 Å². The molecule has 5 nitrogen and oxygen atoms in total. The van der Waals surface area contributed by atoms with Gasteiger partial charge in [-0.1, -0.05) is 48.9 Å². The van der Waals surface area contributed by atoms with Crippen LogP contribution in [0.4, 0.5) is 0 Å². The molecule has 1 aliphatic rings. The molecule has 0 radical (unpaired) electrons. The van der Waals surface area contributed by atoms with E-state index in [9.17, 15) is 8.42 Å². The highest BCUT2D eigenvalue weighted by Gasteiger charge is 2.38. The van der Waals surface area contributed by atoms with E-state index < -0.39 is 9.84 Å². The average molecular weight is 400 g/mol. The summed E-state index contributed by atoms with van der Waals surface area (Å²) in [6, 6.07) is 17.8. The lowest BCUT2D eigenvalue weighted by Gasteiger charge is -2.43. The number of rotatable bonds is 7. The van der Waals surface area contributed by atoms with Crippen LogP contribution in [0.25, 0.3) is 0 Å². The van der Waals surface area contributed by atoms with E-state index in [0.717, 1.165) is 31.0 Å². The highest BCUT2D eigenvalue weighted by Crippen LogP contribution is 2.43. The first-order valence-electron chi connectivity index (χ1n) is 9.72. The van der Waals surface area contributed by atoms with E-state index in [1.165, 1.54) is 31.1 Å². The molecule has 2 aromatic carbocycles. The highest BCUT2D eigenvalue weighted by molar-refractivity contribution is 7.90. The molecule has 0 spiro atoms. The maximum Gasteiger partial charge on any atom is 0.191 e. The summed E-state index contributed by atoms with van der Waals surface area (Å²) in [4.78, 5) is 4.69. The summed E-state index contributed by atoms with van der Waals surface area (Å²) >= 11 is 0. The van der Waals surface area contributed by atoms with Gasteiger partial charge in [-0.05, 0) is 42.5 Å². The molecule has 2 N–H and O–H groups in total. The number of nitrogens with one attached hydrogen (secondary N) is 2. The van der Waals surface area contributed by atoms with Crippen molar-refractivity contribution in [3.8, 4) is 0 Å². The van der Waals surface area contributed by atoms with Gasteiger partial charge >= 0.3 is 0 Å². The minimum Gasteiger partial charge on any atom is -0.356 e. The average Bonchev–Trinajstić information content (AvgIpc) is 2.66. The topological polar surface area (TPSA) is 70.6 Å². The molecule has 150 valence electrons. The fourth-order valence-corrected chi connectivity index (χ4v) is 4.30. The van der Waals surface area contributed by atoms with Gasteiger partial charge in [0.05, 0.1) is 4.90 Å². The second-order valence-corrected chi connectivity index (χ2v) is 9.53. The van der Waals surface area contributed by atoms with E-state index in [0.29, 0.717) is 4.90 Å². The quantitative estimate of drug-likeness (QED) is 0.555. The van der Waals surface area contributed by atoms with E-state index in [4.69, 9.17) is 0 Å². The molecule has 1 saturated carbocycles. The molecule has 0 aromatic heterocycles. The zero-order valence-corrected chi connectivity index (χ0v) is 17.4. The van der Waals surface area contributed by atoms with Crippen LogP contribution in [-0.4, -0.2) is 40.8 Å². The second-order valence-electron chi connectivity index (χ2n) is 7.52. The lowest BCUT2D eigenvalue weighted by Crippen LogP contribution is -2.49. The van der Waals surface area contributed by atoms with Gasteiger partial charge in [0.1, 0.15) is 0 Å². The number of aliphatic imine (C=N–C) groups is 1. The molecule has 3 rings (SSSR count). The van der Waals surface area contributed by atoms with Crippen LogP contribution in [0.2, 0.25) is 0 Å². The maximum atomic E-state index is 11.5. The predicted octanol–water partition coefficient (Wildman–Crippen LogP) is 2.92. The molecule has 6 heteroatoms. The lowest BCUT2D eigenvalue weighted by molar-refractivity contribution is 0.244. The summed E-state index contributed by atoms with van der Waals surface area (Å²) in [6.07, 6.45) is 5.70. The van der Waals surface area contributed by atoms with Crippen molar-refractivity contribution in [2.24, 2.45) is 4.99 Å². The molecule has 0 bridgehead atoms. The number of hydrogen-bond acceptors (Lipinski definition) is 3. The van der Waals surface area contributed by atoms with Crippen LogP contribution in [0.1, 0.15) is 30.4 Å². The molecule has 0 atom stereocenters. The Balaban J connectivity index is 1.50. The Bertz CT molecular complexity index is 903. The lowest BCUT2D eigenvalue weighted by atomic mass is 9.64. The van der Waals surface area contributed by atoms with Crippen molar-refractivity contribution in [2.75, 3.05) is 26.4 Å². The van der Waals surface area contributed by atoms with Crippen molar-refractivity contribution in [1.82, 2.24) is 10.6 Å². The fourth-order valence-electron chi connectivity index (χ4n) is 3.66. The van der Waals surface area contributed by atoms with Crippen molar-refractivity contribution in [1.29, 1.82) is 0 Å². The van der Waals surface area contributed by atoms with E-state index in [-0.39, 0.29) is 5.41 Å². The van der Waals surface area contributed by atoms with Crippen LogP contribution in [0.5, 0.6) is 0 Å². The first-order chi connectivity index (χ1) is 13.4. The van der Waals surface area contributed by atoms with Gasteiger partial charge in [-0.3, -0.25) is 4.99 Å². The molecular formula is C22H29N3O2S. The van der Waals surface area contributed by atoms with Crippen molar-refractivity contribution < 1.29 is 8.42 Å². The smallest absolute Gasteiger partial charge is 0.191 e. The van der Waals surface area contributed by atoms with Crippen molar-refractivity contribution in [3.63, 3.8) is 0 Å². The van der Waals surface area contributed by atoms with Crippen molar-refractivity contribution >= 4 is 15.8 Å². The van der Waals surface area contributed by atoms with Crippen LogP contribution in [0.3, 0.4) is 0 Å². The summed E-state index contributed by atoms with van der Waals surface area (Å²) < 4.78 is 23.1. The summed E-state index contributed by atoms with van der Waals surface area (Å²) in [6.45, 7) is 1.61. The normalized spacial score (nSPS) is 16.3. The minimum absolute atomic E-state index is 0.209. The molecule has 2 aromatic rings. The van der Waals surface area contributed by atoms with Gasteiger partial charge < -0.3 is 10.6 Å². The highest BCUT2D eigenvalue weighted by atomic mass is 32.2. The third kappa shape index (κ3) is 4.93. The Kier molecular flexibility index (Phi) is 6.39. The van der Waals surface area contributed by atoms with E-state index in [1.807, 2.05) is 12.1 Å². The van der Waals surface area contributed by atoms with Gasteiger partial charge in [-0.15, -0.1) is 0 Å². The molecular weight excluding hydrogens is 370 g/mol. The third-order valence-electron chi connectivity index (χ3n) is 5.57. The summed E-state index contributed by atoms with van der Waals surface area (Å²) in [7, 11) is -1.36. The fraction of sp³-hybridized carbons (Fsp3) is 0.409. The number of sulfone groups is 1. The maximum absolute atomic E-state index is 11.5. The first-order valence-corrected chi connectivity index (χ1v) is 11.6. The van der Waals surface area contributed by atoms with Crippen LogP contribution < -0.4 is 10.6 Å². The van der Waals surface area contributed by atoms with Crippen LogP contribution in [-0.2, 0) is 21.7 Å². The van der Waals surface area contributed by atoms with Gasteiger partial charge in [0.2, 0.25) is 0 Å². The van der Waals surface area contributed by atoms with Crippen LogP contribution in [0.15, 0.2) is 64.5 Å². The Morgan fingerprint density at radius 1 is 1.04 bits per heavy atom. The Hall–Kier alpha value is -2.34. The zero-order chi connectivity index (χ0) is 20.0.